The Morgan fingerprint density at radius 2 is 1.12 bits per heavy atom. The zero-order chi connectivity index (χ0) is 24.4. The molecule has 3 rings (SSSR count). The number of hydrogen-bond acceptors (Lipinski definition) is 6. The molecular weight excluding hydrogens is 476 g/mol. The van der Waals surface area contributed by atoms with Crippen molar-refractivity contribution in [2.75, 3.05) is 19.5 Å². The molecule has 0 aromatic heterocycles. The van der Waals surface area contributed by atoms with Crippen molar-refractivity contribution in [3.63, 3.8) is 0 Å². The van der Waals surface area contributed by atoms with E-state index < -0.39 is 38.3 Å². The van der Waals surface area contributed by atoms with E-state index in [1.165, 1.54) is 48.5 Å². The summed E-state index contributed by atoms with van der Waals surface area (Å²) in [5, 5.41) is 2.32. The summed E-state index contributed by atoms with van der Waals surface area (Å²) in [7, 11) is -8.96. The van der Waals surface area contributed by atoms with Crippen molar-refractivity contribution in [3.05, 3.63) is 48.5 Å². The van der Waals surface area contributed by atoms with Gasteiger partial charge in [-0.2, -0.15) is 16.8 Å². The van der Waals surface area contributed by atoms with Crippen LogP contribution in [0.4, 0.5) is 22.7 Å². The van der Waals surface area contributed by atoms with E-state index in [1.807, 2.05) is 16.4 Å². The van der Waals surface area contributed by atoms with Crippen molar-refractivity contribution in [1.82, 2.24) is 0 Å². The summed E-state index contributed by atoms with van der Waals surface area (Å²) in [6, 6.07) is 10.9. The quantitative estimate of drug-likeness (QED) is 0.301. The molecule has 14 heteroatoms. The Morgan fingerprint density at radius 1 is 0.758 bits per heavy atom. The minimum Gasteiger partial charge on any atom is -0.272 e. The number of rotatable bonds is 9. The van der Waals surface area contributed by atoms with Crippen molar-refractivity contribution >= 4 is 55.2 Å². The van der Waals surface area contributed by atoms with Crippen LogP contribution in [-0.4, -0.2) is 37.8 Å². The molecule has 2 aromatic carbocycles. The molecule has 0 spiro atoms. The number of carbonyl (C=O) groups excluding carboxylic acids is 2. The van der Waals surface area contributed by atoms with E-state index in [0.29, 0.717) is 12.8 Å². The zero-order valence-electron chi connectivity index (χ0n) is 17.4. The van der Waals surface area contributed by atoms with Crippen LogP contribution in [0.5, 0.6) is 0 Å². The number of nitrogens with zero attached hydrogens (tertiary/aromatic N) is 2. The second-order valence-corrected chi connectivity index (χ2v) is 9.55. The maximum atomic E-state index is 13.2. The van der Waals surface area contributed by atoms with E-state index in [9.17, 15) is 26.4 Å². The number of hydrogen-bond donors (Lipinski definition) is 4. The number of nitrogens with one attached hydrogen (secondary N) is 2. The normalized spacial score (nSPS) is 15.2. The highest BCUT2D eigenvalue weighted by Crippen LogP contribution is 2.35. The van der Waals surface area contributed by atoms with Gasteiger partial charge in [-0.3, -0.25) is 28.1 Å². The molecule has 2 amide bonds. The summed E-state index contributed by atoms with van der Waals surface area (Å²) in [4.78, 5) is 26.3. The summed E-state index contributed by atoms with van der Waals surface area (Å²) in [6.45, 7) is 1.93. The van der Waals surface area contributed by atoms with E-state index in [0.717, 1.165) is 16.4 Å². The molecule has 0 unspecified atom stereocenters. The fraction of sp³-hybridized carbons (Fsp3) is 0.263. The standard InChI is InChI=1S/C19H22N4O8S2/c1-2-3-4-17-18(24)22(15-9-5-13(6-10-15)20-32(26,27)28)23(19(17)25)16-11-7-14(8-12-16)21-33(29,30)31/h5-12,17,20-21H,2-4H2,1H3,(H,26,27,28)(H,29,30,31). The molecule has 1 heterocycles. The van der Waals surface area contributed by atoms with Gasteiger partial charge < -0.3 is 0 Å². The van der Waals surface area contributed by atoms with E-state index >= 15 is 0 Å². The zero-order valence-corrected chi connectivity index (χ0v) is 19.0. The van der Waals surface area contributed by atoms with Crippen LogP contribution < -0.4 is 19.5 Å². The number of carbonyl (C=O) groups is 2. The van der Waals surface area contributed by atoms with E-state index in [1.54, 1.807) is 0 Å². The molecule has 33 heavy (non-hydrogen) atoms. The second kappa shape index (κ2) is 9.35. The fourth-order valence-corrected chi connectivity index (χ4v) is 4.25. The molecule has 0 radical (unpaired) electrons. The van der Waals surface area contributed by atoms with Crippen LogP contribution >= 0.6 is 0 Å². The van der Waals surface area contributed by atoms with Crippen LogP contribution in [0.15, 0.2) is 48.5 Å². The van der Waals surface area contributed by atoms with Gasteiger partial charge in [-0.05, 0) is 55.0 Å². The summed E-state index contributed by atoms with van der Waals surface area (Å²) < 4.78 is 65.6. The van der Waals surface area contributed by atoms with Gasteiger partial charge in [0.15, 0.2) is 0 Å². The van der Waals surface area contributed by atoms with Gasteiger partial charge in [-0.25, -0.2) is 10.0 Å². The Hall–Kier alpha value is -3.20. The van der Waals surface area contributed by atoms with Gasteiger partial charge in [0.25, 0.3) is 11.8 Å². The maximum Gasteiger partial charge on any atom is 0.357 e. The first-order valence-corrected chi connectivity index (χ1v) is 12.7. The molecule has 1 aliphatic heterocycles. The van der Waals surface area contributed by atoms with Crippen LogP contribution in [0.1, 0.15) is 26.2 Å². The van der Waals surface area contributed by atoms with Crippen molar-refractivity contribution in [3.8, 4) is 0 Å². The molecule has 178 valence electrons. The van der Waals surface area contributed by atoms with Crippen molar-refractivity contribution in [1.29, 1.82) is 0 Å². The first kappa shape index (κ1) is 24.4. The third-order valence-corrected chi connectivity index (χ3v) is 5.76. The molecule has 0 atom stereocenters. The lowest BCUT2D eigenvalue weighted by molar-refractivity contribution is -0.127. The van der Waals surface area contributed by atoms with Gasteiger partial charge in [-0.1, -0.05) is 19.8 Å². The van der Waals surface area contributed by atoms with Gasteiger partial charge >= 0.3 is 20.6 Å². The molecular formula is C19H22N4O8S2. The van der Waals surface area contributed by atoms with Crippen LogP contribution in [0.25, 0.3) is 0 Å². The molecule has 0 bridgehead atoms. The molecule has 1 saturated heterocycles. The summed E-state index contributed by atoms with van der Waals surface area (Å²) in [5.74, 6) is -1.86. The molecule has 2 aromatic rings. The number of amides is 2. The second-order valence-electron chi connectivity index (χ2n) is 7.24. The number of unbranched alkanes of at least 4 members (excludes halogenated alkanes) is 1. The molecule has 12 nitrogen and oxygen atoms in total. The Labute approximate surface area is 190 Å². The first-order chi connectivity index (χ1) is 15.4. The molecule has 4 N–H and O–H groups in total. The molecule has 0 aliphatic carbocycles. The smallest absolute Gasteiger partial charge is 0.272 e. The summed E-state index contributed by atoms with van der Waals surface area (Å²) >= 11 is 0. The predicted octanol–water partition coefficient (Wildman–Crippen LogP) is 2.22. The minimum atomic E-state index is -4.48. The van der Waals surface area contributed by atoms with Crippen LogP contribution in [0, 0.1) is 5.92 Å². The number of anilines is 4. The highest BCUT2D eigenvalue weighted by atomic mass is 32.2. The lowest BCUT2D eigenvalue weighted by Crippen LogP contribution is -2.41. The molecule has 1 fully saturated rings. The highest BCUT2D eigenvalue weighted by Gasteiger charge is 2.46. The lowest BCUT2D eigenvalue weighted by Gasteiger charge is -2.28. The topological polar surface area (TPSA) is 173 Å². The number of benzene rings is 2. The van der Waals surface area contributed by atoms with Gasteiger partial charge in [0, 0.05) is 0 Å². The van der Waals surface area contributed by atoms with Gasteiger partial charge in [0.1, 0.15) is 5.92 Å². The SMILES string of the molecule is CCCCC1C(=O)N(c2ccc(NS(=O)(=O)O)cc2)N(c2ccc(NS(=O)(=O)O)cc2)C1=O. The third-order valence-electron chi connectivity index (χ3n) is 4.78. The average molecular weight is 499 g/mol. The van der Waals surface area contributed by atoms with Crippen molar-refractivity contribution in [2.45, 2.75) is 26.2 Å². The largest absolute Gasteiger partial charge is 0.357 e. The van der Waals surface area contributed by atoms with E-state index in [2.05, 4.69) is 0 Å². The van der Waals surface area contributed by atoms with Crippen LogP contribution in [0.3, 0.4) is 0 Å². The number of hydrazine groups is 1. The Bertz CT molecular complexity index is 1150. The van der Waals surface area contributed by atoms with Crippen LogP contribution in [-0.2, 0) is 30.2 Å². The molecule has 1 aliphatic rings. The summed E-state index contributed by atoms with van der Waals surface area (Å²) in [5.41, 5.74) is 0.643. The van der Waals surface area contributed by atoms with Gasteiger partial charge in [-0.15, -0.1) is 0 Å². The van der Waals surface area contributed by atoms with E-state index in [4.69, 9.17) is 9.11 Å². The lowest BCUT2D eigenvalue weighted by atomic mass is 10.0. The van der Waals surface area contributed by atoms with E-state index in [-0.39, 0.29) is 22.7 Å². The average Bonchev–Trinajstić information content (AvgIpc) is 2.95. The summed E-state index contributed by atoms with van der Waals surface area (Å²) in [6.07, 6.45) is 1.77. The molecule has 0 saturated carbocycles. The first-order valence-electron chi connectivity index (χ1n) is 9.78. The third kappa shape index (κ3) is 5.98. The van der Waals surface area contributed by atoms with Gasteiger partial charge in [0.05, 0.1) is 22.7 Å². The van der Waals surface area contributed by atoms with Gasteiger partial charge in [0.2, 0.25) is 0 Å². The maximum absolute atomic E-state index is 13.2. The highest BCUT2D eigenvalue weighted by molar-refractivity contribution is 7.87. The predicted molar refractivity (Wildman–Crippen MR) is 121 cm³/mol. The van der Waals surface area contributed by atoms with Crippen LogP contribution in [0.2, 0.25) is 0 Å². The van der Waals surface area contributed by atoms with Crippen molar-refractivity contribution < 1.29 is 35.5 Å². The Balaban J connectivity index is 1.98. The monoisotopic (exact) mass is 498 g/mol. The Morgan fingerprint density at radius 3 is 1.42 bits per heavy atom. The van der Waals surface area contributed by atoms with Crippen molar-refractivity contribution in [2.24, 2.45) is 5.92 Å². The minimum absolute atomic E-state index is 0.0499. The Kier molecular flexibility index (Phi) is 6.92. The fourth-order valence-electron chi connectivity index (χ4n) is 3.38.